The average molecular weight is 254 g/mol. The maximum absolute atomic E-state index is 11.7. The predicted octanol–water partition coefficient (Wildman–Crippen LogP) is -0.509. The molecule has 2 rings (SSSR count). The molecular weight excluding hydrogens is 228 g/mol. The molecule has 0 bridgehead atoms. The smallest absolute Gasteiger partial charge is 0.234 e. The van der Waals surface area contributed by atoms with Gasteiger partial charge in [0.05, 0.1) is 6.54 Å². The third-order valence-electron chi connectivity index (χ3n) is 3.73. The monoisotopic (exact) mass is 254 g/mol. The molecule has 0 spiro atoms. The van der Waals surface area contributed by atoms with Crippen LogP contribution in [-0.4, -0.2) is 73.6 Å². The molecule has 2 heterocycles. The molecule has 0 saturated carbocycles. The largest absolute Gasteiger partial charge is 0.353 e. The van der Waals surface area contributed by atoms with E-state index in [1.54, 1.807) is 0 Å². The van der Waals surface area contributed by atoms with Crippen LogP contribution < -0.4 is 10.6 Å². The van der Waals surface area contributed by atoms with Gasteiger partial charge in [0, 0.05) is 51.4 Å². The molecule has 0 aromatic rings. The van der Waals surface area contributed by atoms with Crippen molar-refractivity contribution < 1.29 is 4.79 Å². The van der Waals surface area contributed by atoms with Gasteiger partial charge in [0.15, 0.2) is 0 Å². The van der Waals surface area contributed by atoms with Gasteiger partial charge >= 0.3 is 0 Å². The van der Waals surface area contributed by atoms with Gasteiger partial charge in [-0.1, -0.05) is 0 Å². The molecule has 18 heavy (non-hydrogen) atoms. The second-order valence-corrected chi connectivity index (χ2v) is 5.69. The molecule has 104 valence electrons. The summed E-state index contributed by atoms with van der Waals surface area (Å²) in [6.07, 6.45) is 1.20. The predicted molar refractivity (Wildman–Crippen MR) is 72.6 cm³/mol. The number of hydrogen-bond donors (Lipinski definition) is 2. The fourth-order valence-electron chi connectivity index (χ4n) is 2.87. The van der Waals surface area contributed by atoms with Crippen LogP contribution in [-0.2, 0) is 4.79 Å². The van der Waals surface area contributed by atoms with Crippen molar-refractivity contribution in [3.05, 3.63) is 0 Å². The van der Waals surface area contributed by atoms with Gasteiger partial charge in [0.2, 0.25) is 5.91 Å². The molecule has 2 fully saturated rings. The van der Waals surface area contributed by atoms with Gasteiger partial charge in [-0.15, -0.1) is 0 Å². The number of nitrogens with one attached hydrogen (secondary N) is 2. The molecule has 0 radical (unpaired) electrons. The zero-order chi connectivity index (χ0) is 13.0. The van der Waals surface area contributed by atoms with Crippen LogP contribution in [0.2, 0.25) is 0 Å². The SMILES string of the molecule is CC(C)NC(=O)CN1CCC(N2CCNCC2)C1. The first-order valence-corrected chi connectivity index (χ1v) is 7.11. The van der Waals surface area contributed by atoms with Crippen molar-refractivity contribution in [1.82, 2.24) is 20.4 Å². The van der Waals surface area contributed by atoms with E-state index in [0.717, 1.165) is 39.3 Å². The quantitative estimate of drug-likeness (QED) is 0.709. The summed E-state index contributed by atoms with van der Waals surface area (Å²) >= 11 is 0. The summed E-state index contributed by atoms with van der Waals surface area (Å²) in [7, 11) is 0. The van der Waals surface area contributed by atoms with Crippen molar-refractivity contribution in [1.29, 1.82) is 0 Å². The first-order valence-electron chi connectivity index (χ1n) is 7.11. The summed E-state index contributed by atoms with van der Waals surface area (Å²) in [6, 6.07) is 0.892. The Labute approximate surface area is 110 Å². The average Bonchev–Trinajstić information content (AvgIpc) is 2.77. The molecule has 2 saturated heterocycles. The minimum absolute atomic E-state index is 0.158. The molecule has 1 unspecified atom stereocenters. The Morgan fingerprint density at radius 1 is 1.33 bits per heavy atom. The third kappa shape index (κ3) is 3.93. The number of carbonyl (C=O) groups excluding carboxylic acids is 1. The number of likely N-dealkylation sites (tertiary alicyclic amines) is 1. The van der Waals surface area contributed by atoms with Crippen molar-refractivity contribution in [3.63, 3.8) is 0 Å². The second-order valence-electron chi connectivity index (χ2n) is 5.69. The van der Waals surface area contributed by atoms with Crippen molar-refractivity contribution in [2.45, 2.75) is 32.4 Å². The van der Waals surface area contributed by atoms with E-state index in [-0.39, 0.29) is 11.9 Å². The lowest BCUT2D eigenvalue weighted by Crippen LogP contribution is -2.49. The highest BCUT2D eigenvalue weighted by Crippen LogP contribution is 2.15. The van der Waals surface area contributed by atoms with E-state index >= 15 is 0 Å². The molecule has 2 aliphatic rings. The Bertz CT molecular complexity index is 276. The van der Waals surface area contributed by atoms with E-state index in [2.05, 4.69) is 20.4 Å². The molecule has 0 aliphatic carbocycles. The van der Waals surface area contributed by atoms with Crippen molar-refractivity contribution in [2.75, 3.05) is 45.8 Å². The number of rotatable bonds is 4. The van der Waals surface area contributed by atoms with Crippen LogP contribution in [0.4, 0.5) is 0 Å². The van der Waals surface area contributed by atoms with Gasteiger partial charge in [-0.2, -0.15) is 0 Å². The van der Waals surface area contributed by atoms with Crippen molar-refractivity contribution >= 4 is 5.91 Å². The lowest BCUT2D eigenvalue weighted by Gasteiger charge is -2.32. The molecule has 5 nitrogen and oxygen atoms in total. The summed E-state index contributed by atoms with van der Waals surface area (Å²) < 4.78 is 0. The van der Waals surface area contributed by atoms with Crippen LogP contribution in [0.3, 0.4) is 0 Å². The maximum atomic E-state index is 11.7. The first kappa shape index (κ1) is 13.8. The molecule has 0 aromatic heterocycles. The number of carbonyl (C=O) groups is 1. The molecule has 2 aliphatic heterocycles. The second kappa shape index (κ2) is 6.50. The first-order chi connectivity index (χ1) is 8.65. The van der Waals surface area contributed by atoms with Crippen LogP contribution in [0.1, 0.15) is 20.3 Å². The van der Waals surface area contributed by atoms with Gasteiger partial charge in [0.25, 0.3) is 0 Å². The Kier molecular flexibility index (Phi) is 4.97. The summed E-state index contributed by atoms with van der Waals surface area (Å²) in [5.74, 6) is 0.158. The topological polar surface area (TPSA) is 47.6 Å². The molecular formula is C13H26N4O. The Balaban J connectivity index is 1.72. The Morgan fingerprint density at radius 3 is 2.72 bits per heavy atom. The molecule has 1 amide bonds. The number of amides is 1. The lowest BCUT2D eigenvalue weighted by molar-refractivity contribution is -0.122. The normalized spacial score (nSPS) is 26.7. The minimum atomic E-state index is 0.158. The van der Waals surface area contributed by atoms with Gasteiger partial charge in [-0.05, 0) is 20.3 Å². The number of piperazine rings is 1. The zero-order valence-electron chi connectivity index (χ0n) is 11.6. The number of hydrogen-bond acceptors (Lipinski definition) is 4. The van der Waals surface area contributed by atoms with E-state index in [9.17, 15) is 4.79 Å². The lowest BCUT2D eigenvalue weighted by atomic mass is 10.2. The minimum Gasteiger partial charge on any atom is -0.353 e. The van der Waals surface area contributed by atoms with Crippen LogP contribution >= 0.6 is 0 Å². The summed E-state index contributed by atoms with van der Waals surface area (Å²) in [5.41, 5.74) is 0. The van der Waals surface area contributed by atoms with Gasteiger partial charge in [-0.3, -0.25) is 14.6 Å². The van der Waals surface area contributed by atoms with E-state index in [4.69, 9.17) is 0 Å². The van der Waals surface area contributed by atoms with Crippen molar-refractivity contribution in [3.8, 4) is 0 Å². The Morgan fingerprint density at radius 2 is 2.06 bits per heavy atom. The number of nitrogens with zero attached hydrogens (tertiary/aromatic N) is 2. The fourth-order valence-corrected chi connectivity index (χ4v) is 2.87. The highest BCUT2D eigenvalue weighted by atomic mass is 16.2. The van der Waals surface area contributed by atoms with E-state index in [1.807, 2.05) is 13.8 Å². The molecule has 2 N–H and O–H groups in total. The summed E-state index contributed by atoms with van der Waals surface area (Å²) in [4.78, 5) is 16.6. The Hall–Kier alpha value is -0.650. The van der Waals surface area contributed by atoms with Crippen LogP contribution in [0.5, 0.6) is 0 Å². The molecule has 0 aromatic carbocycles. The molecule has 5 heteroatoms. The van der Waals surface area contributed by atoms with E-state index in [1.165, 1.54) is 6.42 Å². The van der Waals surface area contributed by atoms with Crippen LogP contribution in [0, 0.1) is 0 Å². The van der Waals surface area contributed by atoms with E-state index < -0.39 is 0 Å². The van der Waals surface area contributed by atoms with Gasteiger partial charge < -0.3 is 10.6 Å². The van der Waals surface area contributed by atoms with Gasteiger partial charge in [0.1, 0.15) is 0 Å². The van der Waals surface area contributed by atoms with Crippen molar-refractivity contribution in [2.24, 2.45) is 0 Å². The highest BCUT2D eigenvalue weighted by Gasteiger charge is 2.29. The van der Waals surface area contributed by atoms with Crippen LogP contribution in [0.25, 0.3) is 0 Å². The highest BCUT2D eigenvalue weighted by molar-refractivity contribution is 5.78. The van der Waals surface area contributed by atoms with Gasteiger partial charge in [-0.25, -0.2) is 0 Å². The van der Waals surface area contributed by atoms with E-state index in [0.29, 0.717) is 12.6 Å². The fraction of sp³-hybridized carbons (Fsp3) is 0.923. The summed E-state index contributed by atoms with van der Waals surface area (Å²) in [5, 5.41) is 6.34. The van der Waals surface area contributed by atoms with Crippen LogP contribution in [0.15, 0.2) is 0 Å². The summed E-state index contributed by atoms with van der Waals surface area (Å²) in [6.45, 7) is 11.2. The standard InChI is InChI=1S/C13H26N4O/c1-11(2)15-13(18)10-16-6-3-12(9-16)17-7-4-14-5-8-17/h11-12,14H,3-10H2,1-2H3,(H,15,18). The maximum Gasteiger partial charge on any atom is 0.234 e. The third-order valence-corrected chi connectivity index (χ3v) is 3.73. The molecule has 1 atom stereocenters. The zero-order valence-corrected chi connectivity index (χ0v) is 11.6.